The van der Waals surface area contributed by atoms with E-state index >= 15 is 0 Å². The number of pyridine rings is 1. The van der Waals surface area contributed by atoms with E-state index in [-0.39, 0.29) is 37.3 Å². The summed E-state index contributed by atoms with van der Waals surface area (Å²) in [7, 11) is 1.37. The van der Waals surface area contributed by atoms with Crippen molar-refractivity contribution in [1.29, 1.82) is 0 Å². The SMILES string of the molecule is CCCN(CCO)C(=O)C1=Cc2ccc(C3(C(=O)OC)CC3)nc2N=C(N)C1. The first-order chi connectivity index (χ1) is 13.4. The summed E-state index contributed by atoms with van der Waals surface area (Å²) in [5.41, 5.74) is 7.15. The molecule has 1 aliphatic carbocycles. The van der Waals surface area contributed by atoms with Gasteiger partial charge < -0.3 is 20.5 Å². The highest BCUT2D eigenvalue weighted by atomic mass is 16.5. The standard InChI is InChI=1S/C20H26N4O4/c1-3-8-24(9-10-25)18(26)14-11-13-4-5-15(20(6-7-20)19(27)28-2)22-17(13)23-16(21)12-14/h4-5,11,25H,3,6-10,12H2,1-2H3,(H2,21,22,23). The van der Waals surface area contributed by atoms with Gasteiger partial charge >= 0.3 is 5.97 Å². The Morgan fingerprint density at radius 2 is 2.07 bits per heavy atom. The van der Waals surface area contributed by atoms with E-state index in [2.05, 4.69) is 9.98 Å². The summed E-state index contributed by atoms with van der Waals surface area (Å²) in [5.74, 6) is 0.221. The van der Waals surface area contributed by atoms with Gasteiger partial charge in [0.2, 0.25) is 5.91 Å². The predicted octanol–water partition coefficient (Wildman–Crippen LogP) is 1.29. The number of nitrogens with zero attached hydrogens (tertiary/aromatic N) is 3. The quantitative estimate of drug-likeness (QED) is 0.682. The Morgan fingerprint density at radius 1 is 1.32 bits per heavy atom. The number of methoxy groups -OCH3 is 1. The van der Waals surface area contributed by atoms with Crippen LogP contribution in [0.15, 0.2) is 22.7 Å². The highest BCUT2D eigenvalue weighted by Gasteiger charge is 2.54. The third kappa shape index (κ3) is 3.77. The van der Waals surface area contributed by atoms with Gasteiger partial charge in [-0.3, -0.25) is 9.59 Å². The number of aliphatic hydroxyl groups is 1. The molecule has 3 N–H and O–H groups in total. The summed E-state index contributed by atoms with van der Waals surface area (Å²) >= 11 is 0. The zero-order valence-corrected chi connectivity index (χ0v) is 16.3. The maximum Gasteiger partial charge on any atom is 0.317 e. The lowest BCUT2D eigenvalue weighted by molar-refractivity contribution is -0.143. The van der Waals surface area contributed by atoms with Gasteiger partial charge in [-0.2, -0.15) is 0 Å². The molecule has 0 bridgehead atoms. The Kier molecular flexibility index (Phi) is 5.79. The lowest BCUT2D eigenvalue weighted by atomic mass is 10.0. The molecular formula is C20H26N4O4. The Bertz CT molecular complexity index is 837. The lowest BCUT2D eigenvalue weighted by Gasteiger charge is -2.22. The summed E-state index contributed by atoms with van der Waals surface area (Å²) in [6.07, 6.45) is 4.13. The molecule has 1 aromatic rings. The van der Waals surface area contributed by atoms with Gasteiger partial charge in [0.1, 0.15) is 11.3 Å². The minimum absolute atomic E-state index is 0.0975. The number of carbonyl (C=O) groups is 2. The molecule has 0 spiro atoms. The summed E-state index contributed by atoms with van der Waals surface area (Å²) in [6.45, 7) is 2.71. The first-order valence-electron chi connectivity index (χ1n) is 9.49. The molecule has 0 saturated heterocycles. The maximum atomic E-state index is 12.9. The average molecular weight is 386 g/mol. The number of hydrogen-bond acceptors (Lipinski definition) is 7. The van der Waals surface area contributed by atoms with Crippen molar-refractivity contribution in [3.05, 3.63) is 29.0 Å². The number of hydrogen-bond donors (Lipinski definition) is 2. The van der Waals surface area contributed by atoms with Crippen LogP contribution in [0.5, 0.6) is 0 Å². The number of amidine groups is 1. The first kappa shape index (κ1) is 20.0. The smallest absolute Gasteiger partial charge is 0.317 e. The van der Waals surface area contributed by atoms with Gasteiger partial charge in [0, 0.05) is 30.6 Å². The minimum atomic E-state index is -0.693. The molecule has 150 valence electrons. The van der Waals surface area contributed by atoms with Gasteiger partial charge in [-0.1, -0.05) is 6.92 Å². The van der Waals surface area contributed by atoms with E-state index in [1.807, 2.05) is 13.0 Å². The van der Waals surface area contributed by atoms with E-state index in [1.165, 1.54) is 7.11 Å². The van der Waals surface area contributed by atoms with Crippen LogP contribution in [0.3, 0.4) is 0 Å². The Balaban J connectivity index is 1.95. The second-order valence-corrected chi connectivity index (χ2v) is 7.15. The molecule has 3 rings (SSSR count). The van der Waals surface area contributed by atoms with Crippen molar-refractivity contribution in [3.8, 4) is 0 Å². The summed E-state index contributed by atoms with van der Waals surface area (Å²) in [5, 5.41) is 9.24. The topological polar surface area (TPSA) is 118 Å². The second kappa shape index (κ2) is 8.10. The maximum absolute atomic E-state index is 12.9. The monoisotopic (exact) mass is 386 g/mol. The van der Waals surface area contributed by atoms with Gasteiger partial charge in [-0.05, 0) is 37.5 Å². The van der Waals surface area contributed by atoms with E-state index in [1.54, 1.807) is 17.0 Å². The number of aromatic nitrogens is 1. The second-order valence-electron chi connectivity index (χ2n) is 7.15. The van der Waals surface area contributed by atoms with Crippen LogP contribution in [-0.2, 0) is 19.7 Å². The van der Waals surface area contributed by atoms with E-state index in [0.717, 1.165) is 6.42 Å². The fourth-order valence-corrected chi connectivity index (χ4v) is 3.47. The van der Waals surface area contributed by atoms with Gasteiger partial charge in [-0.25, -0.2) is 9.98 Å². The van der Waals surface area contributed by atoms with Crippen LogP contribution >= 0.6 is 0 Å². The molecule has 1 amide bonds. The molecule has 1 saturated carbocycles. The Labute approximate surface area is 164 Å². The lowest BCUT2D eigenvalue weighted by Crippen LogP contribution is -2.36. The molecule has 8 heteroatoms. The highest BCUT2D eigenvalue weighted by molar-refractivity contribution is 6.05. The van der Waals surface area contributed by atoms with Crippen molar-refractivity contribution in [1.82, 2.24) is 9.88 Å². The molecule has 1 aliphatic heterocycles. The zero-order valence-electron chi connectivity index (χ0n) is 16.3. The van der Waals surface area contributed by atoms with Crippen molar-refractivity contribution in [2.24, 2.45) is 10.7 Å². The number of nitrogens with two attached hydrogens (primary N) is 1. The highest BCUT2D eigenvalue weighted by Crippen LogP contribution is 2.49. The summed E-state index contributed by atoms with van der Waals surface area (Å²) < 4.78 is 4.92. The largest absolute Gasteiger partial charge is 0.468 e. The van der Waals surface area contributed by atoms with Crippen molar-refractivity contribution < 1.29 is 19.4 Å². The predicted molar refractivity (Wildman–Crippen MR) is 105 cm³/mol. The number of ether oxygens (including phenoxy) is 1. The minimum Gasteiger partial charge on any atom is -0.468 e. The fraction of sp³-hybridized carbons (Fsp3) is 0.500. The third-order valence-electron chi connectivity index (χ3n) is 5.10. The first-order valence-corrected chi connectivity index (χ1v) is 9.49. The molecule has 0 atom stereocenters. The van der Waals surface area contributed by atoms with Crippen molar-refractivity contribution in [3.63, 3.8) is 0 Å². The van der Waals surface area contributed by atoms with Gasteiger partial charge in [0.05, 0.1) is 19.4 Å². The normalized spacial score (nSPS) is 17.0. The number of rotatable bonds is 7. The molecule has 8 nitrogen and oxygen atoms in total. The van der Waals surface area contributed by atoms with Gasteiger partial charge in [0.25, 0.3) is 0 Å². The molecular weight excluding hydrogens is 360 g/mol. The molecule has 2 heterocycles. The average Bonchev–Trinajstić information content (AvgIpc) is 3.50. The molecule has 1 fully saturated rings. The molecule has 0 unspecified atom stereocenters. The van der Waals surface area contributed by atoms with Crippen molar-refractivity contribution in [2.45, 2.75) is 38.0 Å². The number of esters is 1. The number of amides is 1. The van der Waals surface area contributed by atoms with Crippen LogP contribution in [0.1, 0.15) is 43.9 Å². The number of aliphatic imine (C=N–C) groups is 1. The number of carbonyl (C=O) groups excluding carboxylic acids is 2. The molecule has 2 aliphatic rings. The van der Waals surface area contributed by atoms with E-state index in [4.69, 9.17) is 10.5 Å². The Morgan fingerprint density at radius 3 is 2.68 bits per heavy atom. The summed E-state index contributed by atoms with van der Waals surface area (Å²) in [4.78, 5) is 35.6. The van der Waals surface area contributed by atoms with Crippen molar-refractivity contribution in [2.75, 3.05) is 26.8 Å². The van der Waals surface area contributed by atoms with Crippen LogP contribution in [-0.4, -0.2) is 59.5 Å². The van der Waals surface area contributed by atoms with Crippen LogP contribution < -0.4 is 5.73 Å². The van der Waals surface area contributed by atoms with Gasteiger partial charge in [0.15, 0.2) is 5.82 Å². The summed E-state index contributed by atoms with van der Waals surface area (Å²) in [6, 6.07) is 3.60. The third-order valence-corrected chi connectivity index (χ3v) is 5.10. The van der Waals surface area contributed by atoms with Crippen LogP contribution in [0.4, 0.5) is 5.82 Å². The van der Waals surface area contributed by atoms with Crippen LogP contribution in [0.25, 0.3) is 6.08 Å². The van der Waals surface area contributed by atoms with E-state index in [9.17, 15) is 14.7 Å². The van der Waals surface area contributed by atoms with Crippen LogP contribution in [0.2, 0.25) is 0 Å². The number of fused-ring (bicyclic) bond motifs is 1. The number of aliphatic hydroxyl groups excluding tert-OH is 1. The van der Waals surface area contributed by atoms with Crippen LogP contribution in [0, 0.1) is 0 Å². The fourth-order valence-electron chi connectivity index (χ4n) is 3.47. The molecule has 0 radical (unpaired) electrons. The molecule has 1 aromatic heterocycles. The van der Waals surface area contributed by atoms with Gasteiger partial charge in [-0.15, -0.1) is 0 Å². The van der Waals surface area contributed by atoms with E-state index < -0.39 is 5.41 Å². The van der Waals surface area contributed by atoms with E-state index in [0.29, 0.717) is 42.0 Å². The molecule has 28 heavy (non-hydrogen) atoms. The Hall–Kier alpha value is -2.74. The van der Waals surface area contributed by atoms with Crippen molar-refractivity contribution >= 4 is 29.6 Å². The molecule has 0 aromatic carbocycles. The zero-order chi connectivity index (χ0) is 20.3.